The van der Waals surface area contributed by atoms with E-state index in [1.54, 1.807) is 18.2 Å². The van der Waals surface area contributed by atoms with Crippen LogP contribution in [0.25, 0.3) is 22.2 Å². The summed E-state index contributed by atoms with van der Waals surface area (Å²) in [6.07, 6.45) is 0. The molecule has 0 aliphatic rings. The van der Waals surface area contributed by atoms with Crippen LogP contribution in [-0.4, -0.2) is 23.3 Å². The second kappa shape index (κ2) is 8.29. The maximum absolute atomic E-state index is 12.9. The van der Waals surface area contributed by atoms with E-state index in [4.69, 9.17) is 9.72 Å². The average Bonchev–Trinajstić information content (AvgIpc) is 2.78. The van der Waals surface area contributed by atoms with E-state index in [9.17, 15) is 9.59 Å². The van der Waals surface area contributed by atoms with Crippen molar-refractivity contribution >= 4 is 22.7 Å². The number of hydrogen-bond acceptors (Lipinski definition) is 4. The van der Waals surface area contributed by atoms with Crippen molar-refractivity contribution in [3.63, 3.8) is 0 Å². The van der Waals surface area contributed by atoms with Gasteiger partial charge < -0.3 is 4.74 Å². The fourth-order valence-corrected chi connectivity index (χ4v) is 3.35. The van der Waals surface area contributed by atoms with Gasteiger partial charge in [-0.2, -0.15) is 0 Å². The number of esters is 1. The van der Waals surface area contributed by atoms with Crippen LogP contribution in [0.3, 0.4) is 0 Å². The van der Waals surface area contributed by atoms with Crippen LogP contribution in [0.4, 0.5) is 0 Å². The SMILES string of the molecule is Cc1ccc(C(=O)COC(=O)c2cc(-c3ccccc3)nc3c(C)cccc23)cc1. The summed E-state index contributed by atoms with van der Waals surface area (Å²) in [4.78, 5) is 30.1. The van der Waals surface area contributed by atoms with E-state index < -0.39 is 5.97 Å². The number of rotatable bonds is 5. The van der Waals surface area contributed by atoms with E-state index in [0.29, 0.717) is 22.2 Å². The van der Waals surface area contributed by atoms with Gasteiger partial charge in [0, 0.05) is 16.5 Å². The van der Waals surface area contributed by atoms with Crippen LogP contribution in [0, 0.1) is 13.8 Å². The first-order valence-corrected chi connectivity index (χ1v) is 9.76. The lowest BCUT2D eigenvalue weighted by atomic mass is 10.0. The van der Waals surface area contributed by atoms with Gasteiger partial charge in [-0.25, -0.2) is 9.78 Å². The van der Waals surface area contributed by atoms with Crippen LogP contribution >= 0.6 is 0 Å². The standard InChI is InChI=1S/C26H21NO3/c1-17-11-13-20(14-12-17)24(28)16-30-26(29)22-15-23(19-8-4-3-5-9-19)27-25-18(2)7-6-10-21(22)25/h3-15H,16H2,1-2H3. The minimum absolute atomic E-state index is 0.235. The highest BCUT2D eigenvalue weighted by molar-refractivity contribution is 6.06. The molecule has 0 fully saturated rings. The van der Waals surface area contributed by atoms with Crippen molar-refractivity contribution in [3.05, 3.63) is 101 Å². The zero-order valence-corrected chi connectivity index (χ0v) is 16.9. The molecule has 0 aliphatic heterocycles. The van der Waals surface area contributed by atoms with E-state index in [-0.39, 0.29) is 12.4 Å². The number of Topliss-reactive ketones (excluding diaryl/α,β-unsaturated/α-hetero) is 1. The molecule has 1 heterocycles. The zero-order chi connectivity index (χ0) is 21.1. The molecule has 1 aromatic heterocycles. The second-order valence-corrected chi connectivity index (χ2v) is 7.26. The average molecular weight is 395 g/mol. The maximum Gasteiger partial charge on any atom is 0.339 e. The number of carbonyl (C=O) groups excluding carboxylic acids is 2. The molecule has 0 unspecified atom stereocenters. The minimum atomic E-state index is -0.536. The van der Waals surface area contributed by atoms with Gasteiger partial charge >= 0.3 is 5.97 Å². The monoisotopic (exact) mass is 395 g/mol. The molecular formula is C26H21NO3. The Morgan fingerprint density at radius 2 is 1.60 bits per heavy atom. The van der Waals surface area contributed by atoms with Crippen molar-refractivity contribution in [2.45, 2.75) is 13.8 Å². The number of nitrogens with zero attached hydrogens (tertiary/aromatic N) is 1. The van der Waals surface area contributed by atoms with Crippen LogP contribution in [0.5, 0.6) is 0 Å². The number of pyridine rings is 1. The molecule has 148 valence electrons. The molecule has 30 heavy (non-hydrogen) atoms. The van der Waals surface area contributed by atoms with Gasteiger partial charge in [0.05, 0.1) is 16.8 Å². The molecule has 0 saturated carbocycles. The van der Waals surface area contributed by atoms with Crippen molar-refractivity contribution in [2.24, 2.45) is 0 Å². The van der Waals surface area contributed by atoms with Crippen molar-refractivity contribution < 1.29 is 14.3 Å². The fourth-order valence-electron chi connectivity index (χ4n) is 3.35. The van der Waals surface area contributed by atoms with E-state index in [1.165, 1.54) is 0 Å². The molecule has 0 N–H and O–H groups in total. The van der Waals surface area contributed by atoms with E-state index in [0.717, 1.165) is 22.2 Å². The summed E-state index contributed by atoms with van der Waals surface area (Å²) in [5.41, 5.74) is 5.30. The van der Waals surface area contributed by atoms with Gasteiger partial charge in [0.25, 0.3) is 0 Å². The van der Waals surface area contributed by atoms with E-state index in [2.05, 4.69) is 0 Å². The highest BCUT2D eigenvalue weighted by atomic mass is 16.5. The Morgan fingerprint density at radius 1 is 0.867 bits per heavy atom. The van der Waals surface area contributed by atoms with Gasteiger partial charge in [0.2, 0.25) is 0 Å². The summed E-state index contributed by atoms with van der Waals surface area (Å²) in [5.74, 6) is -0.771. The third-order valence-corrected chi connectivity index (χ3v) is 5.04. The lowest BCUT2D eigenvalue weighted by molar-refractivity contribution is 0.0476. The molecule has 0 radical (unpaired) electrons. The van der Waals surface area contributed by atoms with Gasteiger partial charge in [0.15, 0.2) is 12.4 Å². The summed E-state index contributed by atoms with van der Waals surface area (Å²) in [6, 6.07) is 24.3. The first-order valence-electron chi connectivity index (χ1n) is 9.76. The van der Waals surface area contributed by atoms with Gasteiger partial charge in [-0.1, -0.05) is 78.4 Å². The Morgan fingerprint density at radius 3 is 2.33 bits per heavy atom. The van der Waals surface area contributed by atoms with Crippen molar-refractivity contribution in [1.82, 2.24) is 4.98 Å². The van der Waals surface area contributed by atoms with E-state index in [1.807, 2.05) is 74.5 Å². The van der Waals surface area contributed by atoms with Crippen molar-refractivity contribution in [1.29, 1.82) is 0 Å². The predicted octanol–water partition coefficient (Wildman–Crippen LogP) is 5.56. The zero-order valence-electron chi connectivity index (χ0n) is 16.9. The molecule has 0 amide bonds. The molecule has 4 rings (SSSR count). The number of aromatic nitrogens is 1. The second-order valence-electron chi connectivity index (χ2n) is 7.26. The van der Waals surface area contributed by atoms with E-state index >= 15 is 0 Å². The molecular weight excluding hydrogens is 374 g/mol. The minimum Gasteiger partial charge on any atom is -0.454 e. The number of carbonyl (C=O) groups is 2. The summed E-state index contributed by atoms with van der Waals surface area (Å²) in [6.45, 7) is 3.60. The number of fused-ring (bicyclic) bond motifs is 1. The Labute approximate surface area is 175 Å². The summed E-state index contributed by atoms with van der Waals surface area (Å²) >= 11 is 0. The molecule has 4 aromatic rings. The van der Waals surface area contributed by atoms with Crippen LogP contribution in [-0.2, 0) is 4.74 Å². The van der Waals surface area contributed by atoms with Crippen LogP contribution < -0.4 is 0 Å². The van der Waals surface area contributed by atoms with Gasteiger partial charge in [0.1, 0.15) is 0 Å². The van der Waals surface area contributed by atoms with Crippen LogP contribution in [0.15, 0.2) is 78.9 Å². The maximum atomic E-state index is 12.9. The lowest BCUT2D eigenvalue weighted by Crippen LogP contribution is -2.15. The summed E-state index contributed by atoms with van der Waals surface area (Å²) in [7, 11) is 0. The Hall–Kier alpha value is -3.79. The van der Waals surface area contributed by atoms with Crippen molar-refractivity contribution in [3.8, 4) is 11.3 Å². The molecule has 4 heteroatoms. The first-order chi connectivity index (χ1) is 14.5. The third kappa shape index (κ3) is 3.98. The molecule has 0 atom stereocenters. The van der Waals surface area contributed by atoms with Crippen LogP contribution in [0.2, 0.25) is 0 Å². The first kappa shape index (κ1) is 19.5. The number of ether oxygens (including phenoxy) is 1. The molecule has 0 spiro atoms. The Bertz CT molecular complexity index is 1230. The molecule has 0 bridgehead atoms. The van der Waals surface area contributed by atoms with Gasteiger partial charge in [-0.15, -0.1) is 0 Å². The normalized spacial score (nSPS) is 10.7. The largest absolute Gasteiger partial charge is 0.454 e. The smallest absolute Gasteiger partial charge is 0.339 e. The van der Waals surface area contributed by atoms with Crippen molar-refractivity contribution in [2.75, 3.05) is 6.61 Å². The molecule has 4 nitrogen and oxygen atoms in total. The van der Waals surface area contributed by atoms with Gasteiger partial charge in [-0.3, -0.25) is 4.79 Å². The molecule has 0 aliphatic carbocycles. The summed E-state index contributed by atoms with van der Waals surface area (Å²) in [5, 5.41) is 0.711. The topological polar surface area (TPSA) is 56.3 Å². The Kier molecular flexibility index (Phi) is 5.40. The quantitative estimate of drug-likeness (QED) is 0.328. The number of ketones is 1. The highest BCUT2D eigenvalue weighted by Crippen LogP contribution is 2.27. The predicted molar refractivity (Wildman–Crippen MR) is 118 cm³/mol. The number of hydrogen-bond donors (Lipinski definition) is 0. The third-order valence-electron chi connectivity index (χ3n) is 5.04. The number of benzene rings is 3. The molecule has 0 saturated heterocycles. The highest BCUT2D eigenvalue weighted by Gasteiger charge is 2.18. The lowest BCUT2D eigenvalue weighted by Gasteiger charge is -2.11. The summed E-state index contributed by atoms with van der Waals surface area (Å²) < 4.78 is 5.40. The number of aryl methyl sites for hydroxylation is 2. The van der Waals surface area contributed by atoms with Crippen LogP contribution in [0.1, 0.15) is 31.8 Å². The Balaban J connectivity index is 1.66. The fraction of sp³-hybridized carbons (Fsp3) is 0.115. The number of para-hydroxylation sites is 1. The molecule has 3 aromatic carbocycles. The van der Waals surface area contributed by atoms with Gasteiger partial charge in [-0.05, 0) is 25.5 Å².